The molecule has 2 aliphatic rings. The second-order valence-electron chi connectivity index (χ2n) is 32.8. The van der Waals surface area contributed by atoms with Crippen molar-refractivity contribution in [3.8, 4) is 0 Å². The Morgan fingerprint density at radius 3 is 0.970 bits per heavy atom. The number of unbranched alkanes of at least 4 members (excludes halogenated alkanes) is 50. The van der Waals surface area contributed by atoms with Crippen LogP contribution in [0.15, 0.2) is 0 Å². The fraction of sp³-hybridized carbons (Fsp3) is 0.943. The van der Waals surface area contributed by atoms with Crippen molar-refractivity contribution in [1.29, 1.82) is 0 Å². The van der Waals surface area contributed by atoms with Gasteiger partial charge in [0.05, 0.1) is 47.3 Å². The average Bonchev–Trinajstić information content (AvgIpc) is 1.76. The molecule has 5 amide bonds. The minimum atomic E-state index is 0.179. The van der Waals surface area contributed by atoms with Crippen LogP contribution < -0.4 is 16.0 Å². The number of carbonyl (C=O) groups excluding carboxylic acids is 5. The number of piperidine rings is 1. The Morgan fingerprint density at radius 1 is 0.333 bits per heavy atom. The molecule has 0 aromatic carbocycles. The van der Waals surface area contributed by atoms with Crippen molar-refractivity contribution in [2.75, 3.05) is 86.8 Å². The molecule has 2 rings (SSSR count). The molecule has 99 heavy (non-hydrogen) atoms. The fourth-order valence-electron chi connectivity index (χ4n) is 15.2. The van der Waals surface area contributed by atoms with Gasteiger partial charge in [-0.15, -0.1) is 0 Å². The number of hydrogen-bond acceptors (Lipinski definition) is 5. The van der Waals surface area contributed by atoms with Gasteiger partial charge in [0.2, 0.25) is 29.5 Å². The van der Waals surface area contributed by atoms with Gasteiger partial charge in [0.1, 0.15) is 0 Å². The Bertz CT molecular complexity index is 1770. The van der Waals surface area contributed by atoms with E-state index in [1.54, 1.807) is 0 Å². The lowest BCUT2D eigenvalue weighted by atomic mass is 10.0. The van der Waals surface area contributed by atoms with Crippen LogP contribution in [0.3, 0.4) is 0 Å². The van der Waals surface area contributed by atoms with Crippen molar-refractivity contribution in [1.82, 2.24) is 25.8 Å². The van der Waals surface area contributed by atoms with E-state index in [4.69, 9.17) is 0 Å². The molecule has 0 radical (unpaired) electrons. The van der Waals surface area contributed by atoms with Crippen LogP contribution in [0.5, 0.6) is 0 Å². The van der Waals surface area contributed by atoms with Gasteiger partial charge in [-0.3, -0.25) is 33.8 Å². The van der Waals surface area contributed by atoms with Gasteiger partial charge in [-0.05, 0) is 83.0 Å². The van der Waals surface area contributed by atoms with Gasteiger partial charge in [0, 0.05) is 58.3 Å². The molecule has 12 heteroatoms. The summed E-state index contributed by atoms with van der Waals surface area (Å²) in [5.74, 6) is 1.87. The van der Waals surface area contributed by atoms with Crippen LogP contribution in [0, 0.1) is 5.92 Å². The zero-order chi connectivity index (χ0) is 72.1. The molecule has 2 heterocycles. The molecule has 12 nitrogen and oxygen atoms in total. The molecular weight excluding hydrogens is 1220 g/mol. The smallest absolute Gasteiger partial charge is 0.227 e. The Kier molecular flexibility index (Phi) is 66.3. The van der Waals surface area contributed by atoms with E-state index in [0.29, 0.717) is 44.1 Å². The molecule has 0 spiro atoms. The highest BCUT2D eigenvalue weighted by Gasteiger charge is 2.35. The van der Waals surface area contributed by atoms with E-state index in [2.05, 4.69) is 69.7 Å². The highest BCUT2D eigenvalue weighted by Crippen LogP contribution is 2.26. The van der Waals surface area contributed by atoms with E-state index in [1.807, 2.05) is 4.90 Å². The lowest BCUT2D eigenvalue weighted by Crippen LogP contribution is -2.54. The molecular formula is C87H173N7O5+2. The number of amides is 5. The highest BCUT2D eigenvalue weighted by atomic mass is 16.2. The van der Waals surface area contributed by atoms with Gasteiger partial charge in [0.15, 0.2) is 13.3 Å². The highest BCUT2D eigenvalue weighted by molar-refractivity contribution is 5.78. The largest absolute Gasteiger partial charge is 0.356 e. The van der Waals surface area contributed by atoms with Gasteiger partial charge in [-0.1, -0.05) is 329 Å². The first-order valence-corrected chi connectivity index (χ1v) is 44.3. The number of nitrogens with zero attached hydrogens (tertiary/aromatic N) is 4. The molecule has 2 fully saturated rings. The molecule has 0 bridgehead atoms. The third-order valence-electron chi connectivity index (χ3n) is 22.0. The van der Waals surface area contributed by atoms with Crippen LogP contribution in [-0.4, -0.2) is 135 Å². The zero-order valence-corrected chi connectivity index (χ0v) is 67.7. The second kappa shape index (κ2) is 69.6. The Balaban J connectivity index is 0.00000127. The van der Waals surface area contributed by atoms with Crippen molar-refractivity contribution < 1.29 is 32.9 Å². The molecule has 1 unspecified atom stereocenters. The van der Waals surface area contributed by atoms with Gasteiger partial charge >= 0.3 is 0 Å². The lowest BCUT2D eigenvalue weighted by molar-refractivity contribution is -0.918. The number of nitrogens with one attached hydrogen (secondary N) is 3. The summed E-state index contributed by atoms with van der Waals surface area (Å²) >= 11 is 0. The van der Waals surface area contributed by atoms with Crippen LogP contribution in [0.4, 0.5) is 0 Å². The number of carbonyl (C=O) groups is 5. The predicted octanol–water partition coefficient (Wildman–Crippen LogP) is 23.1. The first-order valence-electron chi connectivity index (χ1n) is 44.3. The summed E-state index contributed by atoms with van der Waals surface area (Å²) in [5.41, 5.74) is 0. The van der Waals surface area contributed by atoms with Gasteiger partial charge < -0.3 is 24.9 Å². The number of rotatable bonds is 73. The van der Waals surface area contributed by atoms with Crippen molar-refractivity contribution in [3.63, 3.8) is 0 Å². The average molecular weight is 1400 g/mol. The molecule has 0 aromatic rings. The van der Waals surface area contributed by atoms with Crippen LogP contribution in [-0.2, 0) is 24.0 Å². The standard InChI is InChI=1S/C60H118N4O3.C27H53N3O2/c1-5-8-11-13-15-17-19-21-23-25-27-29-35-41-48-58(65)61-50-43-37-31-33-39-45-52-64(4,56-63-55-57(47-10-7-3)54-60(63)67)53-46-40-34-32-38-44-51-62-59(66)49-42-36-30-28-26-24-22-20-18-16-14-12-9-6-2;1-4-5-6-7-8-9-10-11-12-13-14-15-16-17-20-26(31)28-22-24-30(2,3)25-29-23-19-18-21-27(29)32/h57H,5-56H2,1-4H3,(H-,61,62,65,66);4-25H2,1-3H3/p+2. The van der Waals surface area contributed by atoms with Crippen LogP contribution in [0.2, 0.25) is 0 Å². The quantitative estimate of drug-likeness (QED) is 0.0413. The maximum absolute atomic E-state index is 13.1. The predicted molar refractivity (Wildman–Crippen MR) is 427 cm³/mol. The normalized spacial score (nSPS) is 14.3. The topological polar surface area (TPSA) is 128 Å². The molecule has 3 N–H and O–H groups in total. The van der Waals surface area contributed by atoms with Crippen molar-refractivity contribution in [2.45, 2.75) is 439 Å². The van der Waals surface area contributed by atoms with E-state index < -0.39 is 0 Å². The number of hydrogen-bond donors (Lipinski definition) is 3. The molecule has 2 saturated heterocycles. The summed E-state index contributed by atoms with van der Waals surface area (Å²) in [7, 11) is 6.69. The van der Waals surface area contributed by atoms with Crippen LogP contribution >= 0.6 is 0 Å². The van der Waals surface area contributed by atoms with Crippen molar-refractivity contribution in [2.24, 2.45) is 5.92 Å². The van der Waals surface area contributed by atoms with Gasteiger partial charge in [-0.25, -0.2) is 0 Å². The van der Waals surface area contributed by atoms with E-state index >= 15 is 0 Å². The van der Waals surface area contributed by atoms with E-state index in [-0.39, 0.29) is 23.6 Å². The maximum Gasteiger partial charge on any atom is 0.227 e. The Hall–Kier alpha value is -2.73. The maximum atomic E-state index is 13.1. The monoisotopic (exact) mass is 1400 g/mol. The summed E-state index contributed by atoms with van der Waals surface area (Å²) in [4.78, 5) is 66.1. The Morgan fingerprint density at radius 2 is 0.636 bits per heavy atom. The summed E-state index contributed by atoms with van der Waals surface area (Å²) < 4.78 is 1.73. The second-order valence-corrected chi connectivity index (χ2v) is 32.8. The first-order chi connectivity index (χ1) is 48.3. The van der Waals surface area contributed by atoms with E-state index in [1.165, 1.54) is 334 Å². The molecule has 1 atom stereocenters. The molecule has 0 aromatic heterocycles. The first kappa shape index (κ1) is 94.3. The molecule has 584 valence electrons. The number of likely N-dealkylation sites (tertiary alicyclic amines) is 2. The third kappa shape index (κ3) is 62.4. The van der Waals surface area contributed by atoms with E-state index in [0.717, 1.165) is 119 Å². The SMILES string of the molecule is CCCCCCCCCCCCCCCCC(=O)NCCCCCCCC[N+](C)(CCCCCCCCNC(=O)CCCCCCCCCCCCCCCC)CN1CC(CCCC)CC1=O.CCCCCCCCCCCCCCCCC(=O)NCC[N+](C)(C)CN1CCCCC1=O. The minimum Gasteiger partial charge on any atom is -0.356 e. The van der Waals surface area contributed by atoms with Gasteiger partial charge in [-0.2, -0.15) is 0 Å². The van der Waals surface area contributed by atoms with Crippen molar-refractivity contribution in [3.05, 3.63) is 0 Å². The minimum absolute atomic E-state index is 0.179. The van der Waals surface area contributed by atoms with E-state index in [9.17, 15) is 24.0 Å². The van der Waals surface area contributed by atoms with Gasteiger partial charge in [0.25, 0.3) is 0 Å². The van der Waals surface area contributed by atoms with Crippen molar-refractivity contribution >= 4 is 29.5 Å². The van der Waals surface area contributed by atoms with Crippen LogP contribution in [0.1, 0.15) is 439 Å². The molecule has 0 saturated carbocycles. The molecule has 0 aliphatic carbocycles. The summed E-state index contributed by atoms with van der Waals surface area (Å²) in [6.07, 6.45) is 80.2. The lowest BCUT2D eigenvalue weighted by Gasteiger charge is -2.38. The number of likely N-dealkylation sites (N-methyl/N-ethyl adjacent to an activating group) is 1. The number of quaternary nitrogens is 2. The molecule has 2 aliphatic heterocycles. The zero-order valence-electron chi connectivity index (χ0n) is 67.7. The summed E-state index contributed by atoms with van der Waals surface area (Å²) in [6, 6.07) is 0. The van der Waals surface area contributed by atoms with Crippen LogP contribution in [0.25, 0.3) is 0 Å². The fourth-order valence-corrected chi connectivity index (χ4v) is 15.2. The summed E-state index contributed by atoms with van der Waals surface area (Å²) in [5, 5.41) is 9.44. The third-order valence-corrected chi connectivity index (χ3v) is 22.0. The summed E-state index contributed by atoms with van der Waals surface area (Å²) in [6.45, 7) is 18.1. The Labute approximate surface area is 616 Å².